The second-order valence-electron chi connectivity index (χ2n) is 4.55. The van der Waals surface area contributed by atoms with Crippen molar-refractivity contribution >= 4 is 23.2 Å². The number of hydrogen-bond acceptors (Lipinski definition) is 2. The summed E-state index contributed by atoms with van der Waals surface area (Å²) in [4.78, 5) is 13.2. The van der Waals surface area contributed by atoms with Crippen LogP contribution in [0.25, 0.3) is 6.08 Å². The van der Waals surface area contributed by atoms with Gasteiger partial charge < -0.3 is 0 Å². The van der Waals surface area contributed by atoms with E-state index in [2.05, 4.69) is 12.1 Å². The molecule has 0 bridgehead atoms. The van der Waals surface area contributed by atoms with Crippen LogP contribution in [0.3, 0.4) is 0 Å². The Bertz CT molecular complexity index is 594. The first-order valence-electron chi connectivity index (χ1n) is 6.21. The third-order valence-corrected chi connectivity index (χ3v) is 4.16. The molecule has 1 nitrogen and oxygen atoms in total. The van der Waals surface area contributed by atoms with Crippen molar-refractivity contribution in [2.75, 3.05) is 0 Å². The van der Waals surface area contributed by atoms with Gasteiger partial charge in [0.15, 0.2) is 5.78 Å². The Morgan fingerprint density at radius 2 is 2.06 bits per heavy atom. The standard InChI is InChI=1S/C16H14OS/c17-16(9-8-15-5-2-10-18-15)14-7-6-12-3-1-4-13(12)11-14/h2,5-11H,1,3-4H2/b9-8+. The molecule has 1 heterocycles. The first-order valence-corrected chi connectivity index (χ1v) is 7.08. The van der Waals surface area contributed by atoms with Gasteiger partial charge in [-0.3, -0.25) is 4.79 Å². The average Bonchev–Trinajstić information content (AvgIpc) is 3.05. The lowest BCUT2D eigenvalue weighted by molar-refractivity contribution is 0.104. The van der Waals surface area contributed by atoms with Crippen LogP contribution in [0.4, 0.5) is 0 Å². The fourth-order valence-electron chi connectivity index (χ4n) is 2.37. The molecular weight excluding hydrogens is 240 g/mol. The molecule has 2 aromatic rings. The Kier molecular flexibility index (Phi) is 3.11. The van der Waals surface area contributed by atoms with Crippen LogP contribution in [0.1, 0.15) is 32.8 Å². The molecule has 0 atom stereocenters. The number of carbonyl (C=O) groups excluding carboxylic acids is 1. The van der Waals surface area contributed by atoms with Crippen LogP contribution in [-0.2, 0) is 12.8 Å². The normalized spacial score (nSPS) is 14.0. The number of hydrogen-bond donors (Lipinski definition) is 0. The van der Waals surface area contributed by atoms with Gasteiger partial charge in [0.05, 0.1) is 0 Å². The number of rotatable bonds is 3. The van der Waals surface area contributed by atoms with E-state index in [0.29, 0.717) is 0 Å². The summed E-state index contributed by atoms with van der Waals surface area (Å²) in [5.41, 5.74) is 3.57. The molecule has 1 aliphatic carbocycles. The van der Waals surface area contributed by atoms with E-state index in [0.717, 1.165) is 23.3 Å². The van der Waals surface area contributed by atoms with Gasteiger partial charge in [-0.25, -0.2) is 0 Å². The van der Waals surface area contributed by atoms with Gasteiger partial charge in [0.2, 0.25) is 0 Å². The van der Waals surface area contributed by atoms with Crippen LogP contribution in [0.2, 0.25) is 0 Å². The lowest BCUT2D eigenvalue weighted by Crippen LogP contribution is -1.95. The first-order chi connectivity index (χ1) is 8.83. The highest BCUT2D eigenvalue weighted by Crippen LogP contribution is 2.23. The van der Waals surface area contributed by atoms with Crippen LogP contribution in [0.5, 0.6) is 0 Å². The Hall–Kier alpha value is -1.67. The van der Waals surface area contributed by atoms with Gasteiger partial charge in [0.25, 0.3) is 0 Å². The van der Waals surface area contributed by atoms with Crippen LogP contribution in [-0.4, -0.2) is 5.78 Å². The Morgan fingerprint density at radius 1 is 1.17 bits per heavy atom. The van der Waals surface area contributed by atoms with Crippen molar-refractivity contribution in [3.63, 3.8) is 0 Å². The van der Waals surface area contributed by atoms with Gasteiger partial charge >= 0.3 is 0 Å². The molecular formula is C16H14OS. The van der Waals surface area contributed by atoms with E-state index in [1.54, 1.807) is 17.4 Å². The van der Waals surface area contributed by atoms with Crippen molar-refractivity contribution in [2.24, 2.45) is 0 Å². The molecule has 0 saturated carbocycles. The topological polar surface area (TPSA) is 17.1 Å². The minimum atomic E-state index is 0.0955. The molecule has 0 unspecified atom stereocenters. The number of ketones is 1. The van der Waals surface area contributed by atoms with E-state index in [-0.39, 0.29) is 5.78 Å². The van der Waals surface area contributed by atoms with Gasteiger partial charge in [0, 0.05) is 10.4 Å². The number of carbonyl (C=O) groups is 1. The van der Waals surface area contributed by atoms with Crippen LogP contribution in [0.15, 0.2) is 41.8 Å². The third-order valence-electron chi connectivity index (χ3n) is 3.33. The van der Waals surface area contributed by atoms with Gasteiger partial charge in [-0.15, -0.1) is 11.3 Å². The zero-order valence-corrected chi connectivity index (χ0v) is 10.9. The molecule has 3 rings (SSSR count). The number of aryl methyl sites for hydroxylation is 2. The SMILES string of the molecule is O=C(/C=C/c1cccs1)c1ccc2c(c1)CCC2. The molecule has 0 saturated heterocycles. The molecule has 1 aromatic carbocycles. The van der Waals surface area contributed by atoms with Crippen molar-refractivity contribution in [1.82, 2.24) is 0 Å². The summed E-state index contributed by atoms with van der Waals surface area (Å²) >= 11 is 1.64. The summed E-state index contributed by atoms with van der Waals surface area (Å²) in [5, 5.41) is 2.01. The van der Waals surface area contributed by atoms with Gasteiger partial charge in [-0.05, 0) is 60.1 Å². The number of fused-ring (bicyclic) bond motifs is 1. The number of thiophene rings is 1. The minimum absolute atomic E-state index is 0.0955. The average molecular weight is 254 g/mol. The predicted octanol–water partition coefficient (Wildman–Crippen LogP) is 4.13. The second kappa shape index (κ2) is 4.91. The van der Waals surface area contributed by atoms with Crippen molar-refractivity contribution in [3.05, 3.63) is 63.4 Å². The molecule has 0 radical (unpaired) electrons. The maximum absolute atomic E-state index is 12.1. The summed E-state index contributed by atoms with van der Waals surface area (Å²) in [6, 6.07) is 10.1. The lowest BCUT2D eigenvalue weighted by atomic mass is 10.0. The zero-order chi connectivity index (χ0) is 12.4. The van der Waals surface area contributed by atoms with Crippen molar-refractivity contribution in [1.29, 1.82) is 0 Å². The van der Waals surface area contributed by atoms with Gasteiger partial charge in [-0.2, -0.15) is 0 Å². The summed E-state index contributed by atoms with van der Waals surface area (Å²) in [5.74, 6) is 0.0955. The van der Waals surface area contributed by atoms with E-state index < -0.39 is 0 Å². The fraction of sp³-hybridized carbons (Fsp3) is 0.188. The predicted molar refractivity (Wildman–Crippen MR) is 76.2 cm³/mol. The molecule has 0 spiro atoms. The van der Waals surface area contributed by atoms with Crippen molar-refractivity contribution in [2.45, 2.75) is 19.3 Å². The molecule has 2 heteroatoms. The Labute approximate surface area is 111 Å². The maximum atomic E-state index is 12.1. The number of benzene rings is 1. The highest BCUT2D eigenvalue weighted by Gasteiger charge is 2.12. The maximum Gasteiger partial charge on any atom is 0.185 e. The number of allylic oxidation sites excluding steroid dienone is 1. The largest absolute Gasteiger partial charge is 0.289 e. The smallest absolute Gasteiger partial charge is 0.185 e. The molecule has 1 aromatic heterocycles. The van der Waals surface area contributed by atoms with Gasteiger partial charge in [-0.1, -0.05) is 18.2 Å². The second-order valence-corrected chi connectivity index (χ2v) is 5.53. The lowest BCUT2D eigenvalue weighted by Gasteiger charge is -2.01. The van der Waals surface area contributed by atoms with E-state index in [1.165, 1.54) is 17.5 Å². The highest BCUT2D eigenvalue weighted by atomic mass is 32.1. The molecule has 90 valence electrons. The third kappa shape index (κ3) is 2.29. The summed E-state index contributed by atoms with van der Waals surface area (Å²) < 4.78 is 0. The van der Waals surface area contributed by atoms with Gasteiger partial charge in [0.1, 0.15) is 0 Å². The van der Waals surface area contributed by atoms with E-state index >= 15 is 0 Å². The first kappa shape index (κ1) is 11.4. The summed E-state index contributed by atoms with van der Waals surface area (Å²) in [6.45, 7) is 0. The quantitative estimate of drug-likeness (QED) is 0.594. The Morgan fingerprint density at radius 3 is 2.89 bits per heavy atom. The van der Waals surface area contributed by atoms with Crippen molar-refractivity contribution < 1.29 is 4.79 Å². The Balaban J connectivity index is 1.80. The zero-order valence-electron chi connectivity index (χ0n) is 10.1. The van der Waals surface area contributed by atoms with E-state index in [9.17, 15) is 4.79 Å². The molecule has 0 N–H and O–H groups in total. The highest BCUT2D eigenvalue weighted by molar-refractivity contribution is 7.10. The molecule has 0 aliphatic heterocycles. The minimum Gasteiger partial charge on any atom is -0.289 e. The molecule has 0 amide bonds. The van der Waals surface area contributed by atoms with Crippen molar-refractivity contribution in [3.8, 4) is 0 Å². The molecule has 18 heavy (non-hydrogen) atoms. The summed E-state index contributed by atoms with van der Waals surface area (Å²) in [7, 11) is 0. The van der Waals surface area contributed by atoms with Crippen LogP contribution >= 0.6 is 11.3 Å². The van der Waals surface area contributed by atoms with Crippen LogP contribution < -0.4 is 0 Å². The summed E-state index contributed by atoms with van der Waals surface area (Å²) in [6.07, 6.45) is 7.06. The van der Waals surface area contributed by atoms with E-state index in [1.807, 2.05) is 29.7 Å². The fourth-order valence-corrected chi connectivity index (χ4v) is 2.98. The monoisotopic (exact) mass is 254 g/mol. The molecule has 0 fully saturated rings. The van der Waals surface area contributed by atoms with Crippen LogP contribution in [0, 0.1) is 0 Å². The molecule has 1 aliphatic rings. The van der Waals surface area contributed by atoms with E-state index in [4.69, 9.17) is 0 Å².